The molecule has 0 saturated carbocycles. The molecule has 1 aromatic carbocycles. The predicted octanol–water partition coefficient (Wildman–Crippen LogP) is 3.04. The summed E-state index contributed by atoms with van der Waals surface area (Å²) in [5, 5.41) is 8.87. The Labute approximate surface area is 130 Å². The number of rotatable bonds is 10. The van der Waals surface area contributed by atoms with Crippen molar-refractivity contribution in [3.8, 4) is 0 Å². The number of carbonyl (C=O) groups is 1. The lowest BCUT2D eigenvalue weighted by Gasteiger charge is -2.07. The second-order valence-corrected chi connectivity index (χ2v) is 6.97. The summed E-state index contributed by atoms with van der Waals surface area (Å²) >= 11 is 5.77. The lowest BCUT2D eigenvalue weighted by molar-refractivity contribution is -0.137. The number of nitrogens with one attached hydrogen (secondary N) is 1. The second-order valence-electron chi connectivity index (χ2n) is 4.77. The molecule has 0 amide bonds. The summed E-state index contributed by atoms with van der Waals surface area (Å²) < 4.78 is 26.5. The Morgan fingerprint density at radius 2 is 1.81 bits per heavy atom. The molecule has 0 spiro atoms. The minimum atomic E-state index is -3.50. The number of aliphatic carboxylic acids is 1. The van der Waals surface area contributed by atoms with Crippen molar-refractivity contribution in [1.29, 1.82) is 0 Å². The van der Waals surface area contributed by atoms with Crippen LogP contribution in [0.4, 0.5) is 0 Å². The summed E-state index contributed by atoms with van der Waals surface area (Å²) in [6.07, 6.45) is 4.23. The van der Waals surface area contributed by atoms with E-state index in [0.29, 0.717) is 18.0 Å². The van der Waals surface area contributed by atoms with Crippen LogP contribution < -0.4 is 4.72 Å². The number of carboxylic acid groups (broad SMARTS) is 1. The third-order valence-corrected chi connectivity index (χ3v) is 4.66. The first-order chi connectivity index (χ1) is 9.92. The molecule has 5 nitrogen and oxygen atoms in total. The highest BCUT2D eigenvalue weighted by Gasteiger charge is 2.13. The zero-order chi connectivity index (χ0) is 15.7. The molecule has 0 radical (unpaired) electrons. The van der Waals surface area contributed by atoms with Crippen LogP contribution in [0.2, 0.25) is 5.02 Å². The van der Waals surface area contributed by atoms with Crippen molar-refractivity contribution < 1.29 is 18.3 Å². The van der Waals surface area contributed by atoms with Gasteiger partial charge in [0.05, 0.1) is 4.90 Å². The number of hydrogen-bond acceptors (Lipinski definition) is 3. The number of hydrogen-bond donors (Lipinski definition) is 2. The van der Waals surface area contributed by atoms with Gasteiger partial charge in [-0.2, -0.15) is 0 Å². The summed E-state index contributed by atoms with van der Waals surface area (Å²) in [6.45, 7) is 0.369. The zero-order valence-corrected chi connectivity index (χ0v) is 13.3. The van der Waals surface area contributed by atoms with Crippen LogP contribution in [0.25, 0.3) is 0 Å². The van der Waals surface area contributed by atoms with Gasteiger partial charge in [0.2, 0.25) is 10.0 Å². The Morgan fingerprint density at radius 3 is 2.48 bits per heavy atom. The van der Waals surface area contributed by atoms with E-state index in [-0.39, 0.29) is 11.3 Å². The fraction of sp³-hybridized carbons (Fsp3) is 0.500. The minimum absolute atomic E-state index is 0.163. The standard InChI is InChI=1S/C14H20ClNO4S/c15-12-7-6-8-13(11-12)21(19,20)16-10-5-3-1-2-4-9-14(17)18/h6-8,11,16H,1-5,9-10H2,(H,17,18). The van der Waals surface area contributed by atoms with Crippen LogP contribution in [0, 0.1) is 0 Å². The first-order valence-corrected chi connectivity index (χ1v) is 8.75. The molecular weight excluding hydrogens is 314 g/mol. The van der Waals surface area contributed by atoms with Gasteiger partial charge in [0, 0.05) is 18.0 Å². The van der Waals surface area contributed by atoms with Gasteiger partial charge < -0.3 is 5.11 Å². The number of halogens is 1. The Balaban J connectivity index is 2.21. The van der Waals surface area contributed by atoms with E-state index in [2.05, 4.69) is 4.72 Å². The molecule has 0 atom stereocenters. The number of unbranched alkanes of at least 4 members (excludes halogenated alkanes) is 4. The number of sulfonamides is 1. The molecule has 0 bridgehead atoms. The molecule has 0 aliphatic heterocycles. The maximum atomic E-state index is 12.0. The molecule has 0 aliphatic rings. The third kappa shape index (κ3) is 7.45. The topological polar surface area (TPSA) is 83.5 Å². The van der Waals surface area contributed by atoms with Crippen LogP contribution in [0.3, 0.4) is 0 Å². The number of carboxylic acids is 1. The van der Waals surface area contributed by atoms with Gasteiger partial charge in [0.15, 0.2) is 0 Å². The largest absolute Gasteiger partial charge is 0.481 e. The molecule has 118 valence electrons. The van der Waals surface area contributed by atoms with Gasteiger partial charge >= 0.3 is 5.97 Å². The number of benzene rings is 1. The Morgan fingerprint density at radius 1 is 1.14 bits per heavy atom. The van der Waals surface area contributed by atoms with Crippen molar-refractivity contribution in [3.63, 3.8) is 0 Å². The normalized spacial score (nSPS) is 11.5. The Bertz CT molecular complexity index is 560. The fourth-order valence-electron chi connectivity index (χ4n) is 1.86. The van der Waals surface area contributed by atoms with Crippen molar-refractivity contribution in [2.75, 3.05) is 6.54 Å². The second kappa shape index (κ2) is 9.02. The highest BCUT2D eigenvalue weighted by molar-refractivity contribution is 7.89. The zero-order valence-electron chi connectivity index (χ0n) is 11.7. The molecule has 0 aromatic heterocycles. The molecule has 0 unspecified atom stereocenters. The molecule has 21 heavy (non-hydrogen) atoms. The summed E-state index contributed by atoms with van der Waals surface area (Å²) in [7, 11) is -3.50. The molecule has 2 N–H and O–H groups in total. The van der Waals surface area contributed by atoms with Gasteiger partial charge in [-0.05, 0) is 31.0 Å². The van der Waals surface area contributed by atoms with E-state index >= 15 is 0 Å². The minimum Gasteiger partial charge on any atom is -0.481 e. The molecule has 1 aromatic rings. The molecular formula is C14H20ClNO4S. The van der Waals surface area contributed by atoms with E-state index in [9.17, 15) is 13.2 Å². The van der Waals surface area contributed by atoms with E-state index in [4.69, 9.17) is 16.7 Å². The Hall–Kier alpha value is -1.11. The van der Waals surface area contributed by atoms with Gasteiger partial charge in [0.1, 0.15) is 0 Å². The maximum absolute atomic E-state index is 12.0. The van der Waals surface area contributed by atoms with Crippen molar-refractivity contribution in [2.45, 2.75) is 43.4 Å². The van der Waals surface area contributed by atoms with Crippen molar-refractivity contribution in [1.82, 2.24) is 4.72 Å². The van der Waals surface area contributed by atoms with E-state index < -0.39 is 16.0 Å². The van der Waals surface area contributed by atoms with Crippen LogP contribution in [-0.2, 0) is 14.8 Å². The molecule has 0 aliphatic carbocycles. The lowest BCUT2D eigenvalue weighted by atomic mass is 10.1. The first kappa shape index (κ1) is 17.9. The van der Waals surface area contributed by atoms with Crippen LogP contribution in [-0.4, -0.2) is 26.0 Å². The average molecular weight is 334 g/mol. The van der Waals surface area contributed by atoms with Gasteiger partial charge in [0.25, 0.3) is 0 Å². The fourth-order valence-corrected chi connectivity index (χ4v) is 3.23. The highest BCUT2D eigenvalue weighted by Crippen LogP contribution is 2.15. The van der Waals surface area contributed by atoms with E-state index in [1.165, 1.54) is 12.1 Å². The molecule has 7 heteroatoms. The van der Waals surface area contributed by atoms with Gasteiger partial charge in [-0.25, -0.2) is 13.1 Å². The van der Waals surface area contributed by atoms with E-state index in [1.54, 1.807) is 12.1 Å². The summed E-state index contributed by atoms with van der Waals surface area (Å²) in [4.78, 5) is 10.5. The van der Waals surface area contributed by atoms with Crippen molar-refractivity contribution in [2.24, 2.45) is 0 Å². The molecule has 0 fully saturated rings. The van der Waals surface area contributed by atoms with Crippen molar-refractivity contribution in [3.05, 3.63) is 29.3 Å². The third-order valence-electron chi connectivity index (χ3n) is 2.97. The highest BCUT2D eigenvalue weighted by atomic mass is 35.5. The first-order valence-electron chi connectivity index (χ1n) is 6.89. The summed E-state index contributed by atoms with van der Waals surface area (Å²) in [5.74, 6) is -0.774. The quantitative estimate of drug-likeness (QED) is 0.645. The van der Waals surface area contributed by atoms with Crippen molar-refractivity contribution >= 4 is 27.6 Å². The maximum Gasteiger partial charge on any atom is 0.303 e. The predicted molar refractivity (Wildman–Crippen MR) is 82.0 cm³/mol. The van der Waals surface area contributed by atoms with Gasteiger partial charge in [-0.15, -0.1) is 0 Å². The van der Waals surface area contributed by atoms with Gasteiger partial charge in [-0.3, -0.25) is 4.79 Å². The summed E-state index contributed by atoms with van der Waals surface area (Å²) in [6, 6.07) is 6.13. The van der Waals surface area contributed by atoms with Crippen LogP contribution in [0.15, 0.2) is 29.2 Å². The SMILES string of the molecule is O=C(O)CCCCCCCNS(=O)(=O)c1cccc(Cl)c1. The van der Waals surface area contributed by atoms with E-state index in [0.717, 1.165) is 25.7 Å². The monoisotopic (exact) mass is 333 g/mol. The van der Waals surface area contributed by atoms with Crippen LogP contribution >= 0.6 is 11.6 Å². The van der Waals surface area contributed by atoms with E-state index in [1.807, 2.05) is 0 Å². The van der Waals surface area contributed by atoms with Gasteiger partial charge in [-0.1, -0.05) is 36.9 Å². The van der Waals surface area contributed by atoms with Crippen LogP contribution in [0.1, 0.15) is 38.5 Å². The molecule has 0 heterocycles. The van der Waals surface area contributed by atoms with Crippen LogP contribution in [0.5, 0.6) is 0 Å². The Kier molecular flexibility index (Phi) is 7.71. The molecule has 1 rings (SSSR count). The average Bonchev–Trinajstić information content (AvgIpc) is 2.41. The molecule has 0 saturated heterocycles. The summed E-state index contributed by atoms with van der Waals surface area (Å²) in [5.41, 5.74) is 0. The lowest BCUT2D eigenvalue weighted by Crippen LogP contribution is -2.24. The smallest absolute Gasteiger partial charge is 0.303 e.